The topological polar surface area (TPSA) is 23.0 Å². The van der Waals surface area contributed by atoms with E-state index in [1.54, 1.807) is 0 Å². The predicted molar refractivity (Wildman–Crippen MR) is 170 cm³/mol. The fraction of sp³-hybridized carbons (Fsp3) is 0. The van der Waals surface area contributed by atoms with E-state index in [9.17, 15) is 0 Å². The van der Waals surface area contributed by atoms with Crippen LogP contribution in [0.5, 0.6) is 0 Å². The van der Waals surface area contributed by atoms with E-state index in [1.165, 1.54) is 27.2 Å². The summed E-state index contributed by atoms with van der Waals surface area (Å²) in [6.07, 6.45) is 2.18. The molecule has 41 heavy (non-hydrogen) atoms. The van der Waals surface area contributed by atoms with E-state index >= 15 is 0 Å². The number of furan rings is 1. The van der Waals surface area contributed by atoms with Gasteiger partial charge in [-0.1, -0.05) is 103 Å². The Labute approximate surface area is 236 Å². The summed E-state index contributed by atoms with van der Waals surface area (Å²) >= 11 is 0. The van der Waals surface area contributed by atoms with E-state index in [1.807, 2.05) is 6.07 Å². The van der Waals surface area contributed by atoms with E-state index in [4.69, 9.17) is 4.42 Å². The van der Waals surface area contributed by atoms with Crippen molar-refractivity contribution in [3.05, 3.63) is 146 Å². The average Bonchev–Trinajstić information content (AvgIpc) is 3.73. The van der Waals surface area contributed by atoms with E-state index in [0.29, 0.717) is 0 Å². The van der Waals surface area contributed by atoms with Gasteiger partial charge < -0.3 is 13.6 Å². The van der Waals surface area contributed by atoms with E-state index in [2.05, 4.69) is 149 Å². The summed E-state index contributed by atoms with van der Waals surface area (Å²) in [6, 6.07) is 49.4. The van der Waals surface area contributed by atoms with Crippen LogP contribution in [-0.4, -0.2) is 9.13 Å². The summed E-state index contributed by atoms with van der Waals surface area (Å²) in [5.41, 5.74) is 9.85. The summed E-state index contributed by atoms with van der Waals surface area (Å²) in [5.74, 6) is 0. The van der Waals surface area contributed by atoms with Gasteiger partial charge in [0.15, 0.2) is 5.58 Å². The van der Waals surface area contributed by atoms with Crippen molar-refractivity contribution in [3.8, 4) is 22.5 Å². The molecule has 0 spiro atoms. The smallest absolute Gasteiger partial charge is 0.159 e. The second-order valence-electron chi connectivity index (χ2n) is 10.6. The monoisotopic (exact) mass is 524 g/mol. The molecule has 3 aromatic heterocycles. The van der Waals surface area contributed by atoms with Gasteiger partial charge in [-0.3, -0.25) is 0 Å². The second-order valence-corrected chi connectivity index (χ2v) is 10.6. The zero-order valence-electron chi connectivity index (χ0n) is 22.2. The Kier molecular flexibility index (Phi) is 4.61. The maximum atomic E-state index is 6.74. The lowest BCUT2D eigenvalue weighted by atomic mass is 10.0. The van der Waals surface area contributed by atoms with Gasteiger partial charge in [0.2, 0.25) is 0 Å². The van der Waals surface area contributed by atoms with E-state index < -0.39 is 0 Å². The molecule has 0 atom stereocenters. The predicted octanol–water partition coefficient (Wildman–Crippen LogP) is 10.3. The van der Waals surface area contributed by atoms with Crippen LogP contribution in [0.25, 0.3) is 77.1 Å². The van der Waals surface area contributed by atoms with Crippen LogP contribution in [0.15, 0.2) is 150 Å². The maximum Gasteiger partial charge on any atom is 0.159 e. The first-order chi connectivity index (χ1) is 20.4. The van der Waals surface area contributed by atoms with Crippen molar-refractivity contribution >= 4 is 54.6 Å². The van der Waals surface area contributed by atoms with Crippen molar-refractivity contribution in [2.24, 2.45) is 0 Å². The standard InChI is InChI=1S/C38H24N2O/c1-3-11-25(12-4-1)27-16-9-17-30-31-18-10-20-35(38(31)41-37(27)30)39-24-23-32-33(39)22-21-29-28-15-7-8-19-34(28)40(36(29)32)26-13-5-2-6-14-26/h1-24H. The number of nitrogens with zero attached hydrogens (tertiary/aromatic N) is 2. The van der Waals surface area contributed by atoms with Gasteiger partial charge in [0, 0.05) is 44.4 Å². The molecule has 0 unspecified atom stereocenters. The highest BCUT2D eigenvalue weighted by Gasteiger charge is 2.19. The Morgan fingerprint density at radius 3 is 2.00 bits per heavy atom. The average molecular weight is 525 g/mol. The number of aromatic nitrogens is 2. The SMILES string of the molecule is c1ccc(-c2cccc3c2oc2c(-n4ccc5c4ccc4c6ccccc6n(-c6ccccc6)c45)cccc23)cc1. The van der Waals surface area contributed by atoms with Crippen LogP contribution in [-0.2, 0) is 0 Å². The minimum atomic E-state index is 0.895. The third-order valence-electron chi connectivity index (χ3n) is 8.36. The normalized spacial score (nSPS) is 11.9. The molecule has 0 N–H and O–H groups in total. The highest BCUT2D eigenvalue weighted by Crippen LogP contribution is 2.41. The summed E-state index contributed by atoms with van der Waals surface area (Å²) in [5, 5.41) is 5.97. The van der Waals surface area contributed by atoms with Gasteiger partial charge in [0.05, 0.1) is 22.2 Å². The van der Waals surface area contributed by atoms with Gasteiger partial charge in [-0.25, -0.2) is 0 Å². The van der Waals surface area contributed by atoms with Crippen molar-refractivity contribution in [1.82, 2.24) is 9.13 Å². The summed E-state index contributed by atoms with van der Waals surface area (Å²) in [4.78, 5) is 0. The largest absolute Gasteiger partial charge is 0.453 e. The Balaban J connectivity index is 1.34. The van der Waals surface area contributed by atoms with Crippen LogP contribution in [0.3, 0.4) is 0 Å². The molecule has 0 bridgehead atoms. The van der Waals surface area contributed by atoms with Gasteiger partial charge in [-0.05, 0) is 42.0 Å². The lowest BCUT2D eigenvalue weighted by Crippen LogP contribution is -1.95. The van der Waals surface area contributed by atoms with Crippen molar-refractivity contribution in [1.29, 1.82) is 0 Å². The van der Waals surface area contributed by atoms with Crippen LogP contribution in [0.1, 0.15) is 0 Å². The molecule has 192 valence electrons. The number of hydrogen-bond acceptors (Lipinski definition) is 1. The molecular weight excluding hydrogens is 500 g/mol. The van der Waals surface area contributed by atoms with Gasteiger partial charge in [-0.2, -0.15) is 0 Å². The number of fused-ring (bicyclic) bond motifs is 8. The van der Waals surface area contributed by atoms with Crippen LogP contribution in [0.2, 0.25) is 0 Å². The van der Waals surface area contributed by atoms with Crippen LogP contribution >= 0.6 is 0 Å². The quantitative estimate of drug-likeness (QED) is 0.225. The molecule has 3 nitrogen and oxygen atoms in total. The van der Waals surface area contributed by atoms with Gasteiger partial charge in [0.25, 0.3) is 0 Å². The lowest BCUT2D eigenvalue weighted by Gasteiger charge is -2.10. The van der Waals surface area contributed by atoms with Crippen LogP contribution < -0.4 is 0 Å². The lowest BCUT2D eigenvalue weighted by molar-refractivity contribution is 0.667. The summed E-state index contributed by atoms with van der Waals surface area (Å²) < 4.78 is 11.4. The first-order valence-electron chi connectivity index (χ1n) is 14.0. The summed E-state index contributed by atoms with van der Waals surface area (Å²) in [7, 11) is 0. The fourth-order valence-corrected chi connectivity index (χ4v) is 6.57. The zero-order chi connectivity index (χ0) is 26.9. The van der Waals surface area contributed by atoms with Crippen molar-refractivity contribution in [2.75, 3.05) is 0 Å². The molecule has 0 fully saturated rings. The molecule has 0 aliphatic heterocycles. The molecule has 3 heteroatoms. The molecular formula is C38H24N2O. The van der Waals surface area contributed by atoms with E-state index in [-0.39, 0.29) is 0 Å². The highest BCUT2D eigenvalue weighted by molar-refractivity contribution is 6.19. The first kappa shape index (κ1) is 22.3. The second kappa shape index (κ2) is 8.48. The molecule has 6 aromatic carbocycles. The Morgan fingerprint density at radius 1 is 0.439 bits per heavy atom. The summed E-state index contributed by atoms with van der Waals surface area (Å²) in [6.45, 7) is 0. The number of rotatable bonds is 3. The molecule has 9 aromatic rings. The molecule has 0 saturated heterocycles. The molecule has 9 rings (SSSR count). The molecule has 0 radical (unpaired) electrons. The molecule has 0 amide bonds. The van der Waals surface area contributed by atoms with Gasteiger partial charge in [0.1, 0.15) is 5.58 Å². The number of hydrogen-bond donors (Lipinski definition) is 0. The minimum Gasteiger partial charge on any atom is -0.453 e. The van der Waals surface area contributed by atoms with Crippen molar-refractivity contribution < 1.29 is 4.42 Å². The van der Waals surface area contributed by atoms with Crippen molar-refractivity contribution in [2.45, 2.75) is 0 Å². The maximum absolute atomic E-state index is 6.74. The molecule has 0 aliphatic rings. The Morgan fingerprint density at radius 2 is 1.15 bits per heavy atom. The number of para-hydroxylation sites is 4. The third kappa shape index (κ3) is 3.14. The van der Waals surface area contributed by atoms with Gasteiger partial charge in [-0.15, -0.1) is 0 Å². The molecule has 0 saturated carbocycles. The zero-order valence-corrected chi connectivity index (χ0v) is 22.2. The van der Waals surface area contributed by atoms with E-state index in [0.717, 1.165) is 50.0 Å². The Bertz CT molecular complexity index is 2410. The first-order valence-corrected chi connectivity index (χ1v) is 14.0. The molecule has 0 aliphatic carbocycles. The number of benzene rings is 6. The fourth-order valence-electron chi connectivity index (χ4n) is 6.57. The molecule has 3 heterocycles. The van der Waals surface area contributed by atoms with Crippen LogP contribution in [0, 0.1) is 0 Å². The minimum absolute atomic E-state index is 0.895. The Hall–Kier alpha value is -5.54. The highest BCUT2D eigenvalue weighted by atomic mass is 16.3. The van der Waals surface area contributed by atoms with Gasteiger partial charge >= 0.3 is 0 Å². The van der Waals surface area contributed by atoms with Crippen molar-refractivity contribution in [3.63, 3.8) is 0 Å². The third-order valence-corrected chi connectivity index (χ3v) is 8.36. The van der Waals surface area contributed by atoms with Crippen LogP contribution in [0.4, 0.5) is 0 Å².